The minimum atomic E-state index is -0.186. The molecular formula is C21H28N2O4. The maximum absolute atomic E-state index is 12.0. The molecule has 0 aliphatic rings. The van der Waals surface area contributed by atoms with Gasteiger partial charge in [0.15, 0.2) is 11.5 Å². The second-order valence-corrected chi connectivity index (χ2v) is 6.00. The van der Waals surface area contributed by atoms with Crippen LogP contribution >= 0.6 is 0 Å². The van der Waals surface area contributed by atoms with Crippen LogP contribution in [-0.2, 0) is 24.3 Å². The molecule has 27 heavy (non-hydrogen) atoms. The molecule has 2 rings (SSSR count). The van der Waals surface area contributed by atoms with Crippen LogP contribution in [0.1, 0.15) is 23.6 Å². The number of ether oxygens (including phenoxy) is 3. The highest BCUT2D eigenvalue weighted by atomic mass is 16.5. The van der Waals surface area contributed by atoms with Gasteiger partial charge in [0.25, 0.3) is 0 Å². The zero-order chi connectivity index (χ0) is 19.5. The van der Waals surface area contributed by atoms with Gasteiger partial charge in [0.05, 0.1) is 20.8 Å². The van der Waals surface area contributed by atoms with Crippen molar-refractivity contribution in [2.24, 2.45) is 0 Å². The number of carbonyl (C=O) groups excluding carboxylic acids is 1. The number of hydrogen-bond donors (Lipinski definition) is 2. The van der Waals surface area contributed by atoms with Crippen LogP contribution in [-0.4, -0.2) is 33.4 Å². The van der Waals surface area contributed by atoms with E-state index >= 15 is 0 Å². The number of rotatable bonds is 10. The van der Waals surface area contributed by atoms with Gasteiger partial charge in [-0.15, -0.1) is 0 Å². The van der Waals surface area contributed by atoms with Gasteiger partial charge in [0.2, 0.25) is 0 Å². The second-order valence-electron chi connectivity index (χ2n) is 6.00. The molecule has 0 aromatic heterocycles. The Morgan fingerprint density at radius 3 is 2.22 bits per heavy atom. The molecule has 0 fully saturated rings. The van der Waals surface area contributed by atoms with Gasteiger partial charge in [-0.1, -0.05) is 30.3 Å². The first-order valence-electron chi connectivity index (χ1n) is 9.04. The second kappa shape index (κ2) is 11.1. The maximum Gasteiger partial charge on any atom is 0.315 e. The van der Waals surface area contributed by atoms with Gasteiger partial charge >= 0.3 is 6.03 Å². The largest absolute Gasteiger partial charge is 0.493 e. The lowest BCUT2D eigenvalue weighted by atomic mass is 10.1. The molecule has 2 amide bonds. The molecule has 146 valence electrons. The smallest absolute Gasteiger partial charge is 0.315 e. The fourth-order valence-electron chi connectivity index (χ4n) is 2.57. The Kier molecular flexibility index (Phi) is 8.45. The molecule has 0 heterocycles. The van der Waals surface area contributed by atoms with Gasteiger partial charge < -0.3 is 24.8 Å². The van der Waals surface area contributed by atoms with Crippen molar-refractivity contribution in [3.05, 3.63) is 59.2 Å². The minimum absolute atomic E-state index is 0.186. The van der Waals surface area contributed by atoms with Gasteiger partial charge in [-0.2, -0.15) is 0 Å². The lowest BCUT2D eigenvalue weighted by Gasteiger charge is -2.11. The fourth-order valence-corrected chi connectivity index (χ4v) is 2.57. The fraction of sp³-hybridized carbons (Fsp3) is 0.381. The van der Waals surface area contributed by atoms with Crippen LogP contribution in [0.25, 0.3) is 0 Å². The number of benzene rings is 2. The van der Waals surface area contributed by atoms with Gasteiger partial charge in [0.1, 0.15) is 0 Å². The molecule has 2 aromatic carbocycles. The van der Waals surface area contributed by atoms with E-state index in [1.54, 1.807) is 14.2 Å². The molecule has 0 aliphatic heterocycles. The van der Waals surface area contributed by atoms with Gasteiger partial charge in [0, 0.05) is 19.7 Å². The van der Waals surface area contributed by atoms with Crippen molar-refractivity contribution in [2.45, 2.75) is 26.5 Å². The quantitative estimate of drug-likeness (QED) is 0.672. The number of hydrogen-bond acceptors (Lipinski definition) is 4. The van der Waals surface area contributed by atoms with Crippen LogP contribution in [0.3, 0.4) is 0 Å². The first-order chi connectivity index (χ1) is 13.2. The summed E-state index contributed by atoms with van der Waals surface area (Å²) >= 11 is 0. The summed E-state index contributed by atoms with van der Waals surface area (Å²) in [7, 11) is 3.21. The minimum Gasteiger partial charge on any atom is -0.493 e. The Balaban J connectivity index is 1.72. The van der Waals surface area contributed by atoms with Crippen LogP contribution < -0.4 is 20.1 Å². The molecule has 0 atom stereocenters. The Labute approximate surface area is 160 Å². The topological polar surface area (TPSA) is 68.8 Å². The molecule has 6 nitrogen and oxygen atoms in total. The van der Waals surface area contributed by atoms with E-state index in [1.807, 2.05) is 49.4 Å². The standard InChI is InChI=1S/C21H28N2O4/c1-4-27-15-18-7-5-17(6-8-18)14-23-21(24)22-12-11-16-9-10-19(25-2)20(13-16)26-3/h5-10,13H,4,11-12,14-15H2,1-3H3,(H2,22,23,24). The molecule has 0 radical (unpaired) electrons. The van der Waals surface area contributed by atoms with Gasteiger partial charge in [-0.05, 0) is 42.2 Å². The highest BCUT2D eigenvalue weighted by Gasteiger charge is 2.05. The highest BCUT2D eigenvalue weighted by Crippen LogP contribution is 2.27. The molecule has 2 N–H and O–H groups in total. The number of methoxy groups -OCH3 is 2. The third-order valence-corrected chi connectivity index (χ3v) is 4.10. The van der Waals surface area contributed by atoms with Crippen molar-refractivity contribution in [1.82, 2.24) is 10.6 Å². The molecule has 0 spiro atoms. The van der Waals surface area contributed by atoms with Crippen LogP contribution in [0.15, 0.2) is 42.5 Å². The average Bonchev–Trinajstić information content (AvgIpc) is 2.71. The van der Waals surface area contributed by atoms with E-state index in [2.05, 4.69) is 10.6 Å². The van der Waals surface area contributed by atoms with Crippen molar-refractivity contribution in [1.29, 1.82) is 0 Å². The Morgan fingerprint density at radius 1 is 0.889 bits per heavy atom. The zero-order valence-electron chi connectivity index (χ0n) is 16.2. The summed E-state index contributed by atoms with van der Waals surface area (Å²) in [6.45, 7) is 4.31. The van der Waals surface area contributed by atoms with Crippen molar-refractivity contribution in [2.75, 3.05) is 27.4 Å². The Morgan fingerprint density at radius 2 is 1.56 bits per heavy atom. The molecular weight excluding hydrogens is 344 g/mol. The number of nitrogens with one attached hydrogen (secondary N) is 2. The van der Waals surface area contributed by atoms with E-state index in [-0.39, 0.29) is 6.03 Å². The molecule has 0 saturated heterocycles. The predicted octanol–water partition coefficient (Wildman–Crippen LogP) is 3.28. The van der Waals surface area contributed by atoms with E-state index in [0.717, 1.165) is 16.7 Å². The summed E-state index contributed by atoms with van der Waals surface area (Å²) in [4.78, 5) is 12.0. The number of carbonyl (C=O) groups is 1. The highest BCUT2D eigenvalue weighted by molar-refractivity contribution is 5.73. The monoisotopic (exact) mass is 372 g/mol. The lowest BCUT2D eigenvalue weighted by Crippen LogP contribution is -2.36. The summed E-state index contributed by atoms with van der Waals surface area (Å²) < 4.78 is 15.9. The molecule has 0 unspecified atom stereocenters. The summed E-state index contributed by atoms with van der Waals surface area (Å²) in [5.74, 6) is 1.38. The summed E-state index contributed by atoms with van der Waals surface area (Å²) in [5, 5.41) is 5.73. The number of amides is 2. The third kappa shape index (κ3) is 6.83. The molecule has 6 heteroatoms. The average molecular weight is 372 g/mol. The van der Waals surface area contributed by atoms with Gasteiger partial charge in [-0.25, -0.2) is 4.79 Å². The van der Waals surface area contributed by atoms with E-state index in [0.29, 0.717) is 44.2 Å². The van der Waals surface area contributed by atoms with Crippen LogP contribution in [0.2, 0.25) is 0 Å². The SMILES string of the molecule is CCOCc1ccc(CNC(=O)NCCc2ccc(OC)c(OC)c2)cc1. The van der Waals surface area contributed by atoms with E-state index in [1.165, 1.54) is 0 Å². The van der Waals surface area contributed by atoms with E-state index in [4.69, 9.17) is 14.2 Å². The predicted molar refractivity (Wildman–Crippen MR) is 105 cm³/mol. The van der Waals surface area contributed by atoms with Crippen molar-refractivity contribution in [3.63, 3.8) is 0 Å². The molecule has 0 saturated carbocycles. The first kappa shape index (κ1) is 20.6. The van der Waals surface area contributed by atoms with E-state index in [9.17, 15) is 4.79 Å². The zero-order valence-corrected chi connectivity index (χ0v) is 16.2. The van der Waals surface area contributed by atoms with Crippen molar-refractivity contribution < 1.29 is 19.0 Å². The number of urea groups is 1. The van der Waals surface area contributed by atoms with Crippen molar-refractivity contribution in [3.8, 4) is 11.5 Å². The first-order valence-corrected chi connectivity index (χ1v) is 9.04. The lowest BCUT2D eigenvalue weighted by molar-refractivity contribution is 0.134. The summed E-state index contributed by atoms with van der Waals surface area (Å²) in [5.41, 5.74) is 3.24. The van der Waals surface area contributed by atoms with Gasteiger partial charge in [-0.3, -0.25) is 0 Å². The molecule has 0 bridgehead atoms. The normalized spacial score (nSPS) is 10.3. The maximum atomic E-state index is 12.0. The summed E-state index contributed by atoms with van der Waals surface area (Å²) in [6, 6.07) is 13.6. The molecule has 0 aliphatic carbocycles. The van der Waals surface area contributed by atoms with E-state index < -0.39 is 0 Å². The Hall–Kier alpha value is -2.73. The van der Waals surface area contributed by atoms with Crippen molar-refractivity contribution >= 4 is 6.03 Å². The van der Waals surface area contributed by atoms with Crippen LogP contribution in [0, 0.1) is 0 Å². The third-order valence-electron chi connectivity index (χ3n) is 4.10. The van der Waals surface area contributed by atoms with Crippen LogP contribution in [0.5, 0.6) is 11.5 Å². The van der Waals surface area contributed by atoms with Crippen LogP contribution in [0.4, 0.5) is 4.79 Å². The summed E-state index contributed by atoms with van der Waals surface area (Å²) in [6.07, 6.45) is 0.708. The molecule has 2 aromatic rings. The Bertz CT molecular complexity index is 717.